The van der Waals surface area contributed by atoms with Crippen molar-refractivity contribution in [3.63, 3.8) is 0 Å². The summed E-state index contributed by atoms with van der Waals surface area (Å²) in [5, 5.41) is 9.62. The number of benzene rings is 1. The standard InChI is InChI=1S/C11H9N3O.2C2H6/c1-6-2-10-7(3-8(6)5-12)4-9(13)11(15)14-10;2*1-2/h2-4H,13H2,1H3,(H,14,15);2*1-2H3. The number of hydrogen-bond donors (Lipinski definition) is 2. The number of H-pyrrole nitrogens is 1. The van der Waals surface area contributed by atoms with Gasteiger partial charge in [-0.3, -0.25) is 4.79 Å². The molecule has 0 bridgehead atoms. The zero-order valence-electron chi connectivity index (χ0n) is 12.2. The first-order valence-electron chi connectivity index (χ1n) is 6.45. The average Bonchev–Trinajstić information content (AvgIpc) is 2.44. The van der Waals surface area contributed by atoms with E-state index in [9.17, 15) is 4.79 Å². The molecule has 0 spiro atoms. The highest BCUT2D eigenvalue weighted by Gasteiger charge is 2.03. The Hall–Kier alpha value is -2.28. The van der Waals surface area contributed by atoms with Crippen molar-refractivity contribution in [1.82, 2.24) is 4.98 Å². The lowest BCUT2D eigenvalue weighted by Gasteiger charge is -2.02. The maximum Gasteiger partial charge on any atom is 0.271 e. The third-order valence-electron chi connectivity index (χ3n) is 2.34. The average molecular weight is 259 g/mol. The first-order valence-corrected chi connectivity index (χ1v) is 6.45. The molecule has 19 heavy (non-hydrogen) atoms. The van der Waals surface area contributed by atoms with E-state index >= 15 is 0 Å². The Bertz CT molecular complexity index is 636. The zero-order valence-corrected chi connectivity index (χ0v) is 12.2. The van der Waals surface area contributed by atoms with Crippen molar-refractivity contribution in [3.8, 4) is 6.07 Å². The number of pyridine rings is 1. The lowest BCUT2D eigenvalue weighted by Crippen LogP contribution is -2.11. The van der Waals surface area contributed by atoms with Gasteiger partial charge in [-0.15, -0.1) is 0 Å². The number of aryl methyl sites for hydroxylation is 1. The first kappa shape index (κ1) is 16.7. The van der Waals surface area contributed by atoms with E-state index in [4.69, 9.17) is 11.0 Å². The molecule has 4 nitrogen and oxygen atoms in total. The zero-order chi connectivity index (χ0) is 15.0. The summed E-state index contributed by atoms with van der Waals surface area (Å²) in [6.45, 7) is 9.83. The number of nitriles is 1. The predicted molar refractivity (Wildman–Crippen MR) is 81.1 cm³/mol. The van der Waals surface area contributed by atoms with Gasteiger partial charge in [0.15, 0.2) is 0 Å². The number of nitrogens with one attached hydrogen (secondary N) is 1. The van der Waals surface area contributed by atoms with Crippen LogP contribution in [0.2, 0.25) is 0 Å². The van der Waals surface area contributed by atoms with Gasteiger partial charge in [-0.25, -0.2) is 0 Å². The number of hydrogen-bond acceptors (Lipinski definition) is 3. The van der Waals surface area contributed by atoms with E-state index in [1.807, 2.05) is 34.6 Å². The Labute approximate surface area is 113 Å². The Kier molecular flexibility index (Phi) is 6.98. The highest BCUT2D eigenvalue weighted by molar-refractivity contribution is 5.83. The van der Waals surface area contributed by atoms with Gasteiger partial charge in [0.1, 0.15) is 0 Å². The van der Waals surface area contributed by atoms with Crippen LogP contribution in [-0.2, 0) is 0 Å². The molecule has 0 atom stereocenters. The molecule has 2 rings (SSSR count). The van der Waals surface area contributed by atoms with Crippen LogP contribution < -0.4 is 11.3 Å². The number of fused-ring (bicyclic) bond motifs is 1. The van der Waals surface area contributed by atoms with Crippen LogP contribution in [0, 0.1) is 18.3 Å². The van der Waals surface area contributed by atoms with Gasteiger partial charge in [0, 0.05) is 10.9 Å². The van der Waals surface area contributed by atoms with E-state index in [-0.39, 0.29) is 11.2 Å². The summed E-state index contributed by atoms with van der Waals surface area (Å²) in [5.41, 5.74) is 7.48. The molecule has 0 saturated heterocycles. The molecule has 0 aliphatic carbocycles. The van der Waals surface area contributed by atoms with E-state index in [0.717, 1.165) is 10.9 Å². The highest BCUT2D eigenvalue weighted by Crippen LogP contribution is 2.17. The molecule has 1 heterocycles. The maximum absolute atomic E-state index is 11.3. The molecule has 0 radical (unpaired) electrons. The Morgan fingerprint density at radius 2 is 1.74 bits per heavy atom. The van der Waals surface area contributed by atoms with Crippen molar-refractivity contribution in [2.24, 2.45) is 0 Å². The van der Waals surface area contributed by atoms with Gasteiger partial charge >= 0.3 is 0 Å². The lowest BCUT2D eigenvalue weighted by molar-refractivity contribution is 1.30. The fourth-order valence-corrected chi connectivity index (χ4v) is 1.50. The van der Waals surface area contributed by atoms with E-state index in [2.05, 4.69) is 11.1 Å². The number of rotatable bonds is 0. The van der Waals surface area contributed by atoms with Gasteiger partial charge in [0.2, 0.25) is 0 Å². The molecular formula is C15H21N3O. The second kappa shape index (κ2) is 7.93. The smallest absolute Gasteiger partial charge is 0.271 e. The van der Waals surface area contributed by atoms with E-state index in [1.165, 1.54) is 0 Å². The van der Waals surface area contributed by atoms with E-state index in [1.54, 1.807) is 18.2 Å². The van der Waals surface area contributed by atoms with Crippen molar-refractivity contribution in [1.29, 1.82) is 5.26 Å². The molecule has 0 amide bonds. The molecule has 0 aliphatic rings. The van der Waals surface area contributed by atoms with Gasteiger partial charge in [0.05, 0.1) is 17.3 Å². The fraction of sp³-hybridized carbons (Fsp3) is 0.333. The van der Waals surface area contributed by atoms with Crippen LogP contribution in [0.15, 0.2) is 23.0 Å². The number of nitrogens with two attached hydrogens (primary N) is 1. The third kappa shape index (κ3) is 3.85. The Balaban J connectivity index is 0.000000741. The van der Waals surface area contributed by atoms with Crippen LogP contribution in [0.5, 0.6) is 0 Å². The molecule has 3 N–H and O–H groups in total. The van der Waals surface area contributed by atoms with Gasteiger partial charge in [-0.1, -0.05) is 27.7 Å². The summed E-state index contributed by atoms with van der Waals surface area (Å²) in [4.78, 5) is 13.9. The normalized spacial score (nSPS) is 8.63. The molecule has 1 aromatic carbocycles. The number of aromatic amines is 1. The SMILES string of the molecule is CC.CC.Cc1cc2[nH]c(=O)c(N)cc2cc1C#N. The van der Waals surface area contributed by atoms with Crippen LogP contribution in [0.3, 0.4) is 0 Å². The molecule has 1 aromatic heterocycles. The summed E-state index contributed by atoms with van der Waals surface area (Å²) in [5.74, 6) is 0. The quantitative estimate of drug-likeness (QED) is 0.761. The van der Waals surface area contributed by atoms with Crippen LogP contribution in [-0.4, -0.2) is 4.98 Å². The van der Waals surface area contributed by atoms with Crippen molar-refractivity contribution < 1.29 is 0 Å². The van der Waals surface area contributed by atoms with Crippen molar-refractivity contribution >= 4 is 16.6 Å². The molecule has 4 heteroatoms. The van der Waals surface area contributed by atoms with Crippen LogP contribution >= 0.6 is 0 Å². The Morgan fingerprint density at radius 3 is 2.26 bits per heavy atom. The summed E-state index contributed by atoms with van der Waals surface area (Å²) in [6, 6.07) is 7.16. The molecule has 0 fully saturated rings. The molecule has 0 saturated carbocycles. The van der Waals surface area contributed by atoms with Crippen molar-refractivity contribution in [3.05, 3.63) is 39.7 Å². The fourth-order valence-electron chi connectivity index (χ4n) is 1.50. The topological polar surface area (TPSA) is 82.7 Å². The number of anilines is 1. The van der Waals surface area contributed by atoms with Crippen molar-refractivity contribution in [2.75, 3.05) is 5.73 Å². The lowest BCUT2D eigenvalue weighted by atomic mass is 10.1. The molecule has 2 aromatic rings. The molecule has 102 valence electrons. The maximum atomic E-state index is 11.3. The van der Waals surface area contributed by atoms with Gasteiger partial charge in [0.25, 0.3) is 5.56 Å². The summed E-state index contributed by atoms with van der Waals surface area (Å²) in [6.07, 6.45) is 0. The van der Waals surface area contributed by atoms with Crippen LogP contribution in [0.4, 0.5) is 5.69 Å². The third-order valence-corrected chi connectivity index (χ3v) is 2.34. The minimum Gasteiger partial charge on any atom is -0.394 e. The molecule has 0 aliphatic heterocycles. The summed E-state index contributed by atoms with van der Waals surface area (Å²) in [7, 11) is 0. The van der Waals surface area contributed by atoms with Crippen LogP contribution in [0.25, 0.3) is 10.9 Å². The number of nitrogens with zero attached hydrogens (tertiary/aromatic N) is 1. The van der Waals surface area contributed by atoms with Gasteiger partial charge < -0.3 is 10.7 Å². The predicted octanol–water partition coefficient (Wildman–Crippen LogP) is 3.34. The second-order valence-electron chi connectivity index (χ2n) is 3.42. The highest BCUT2D eigenvalue weighted by atomic mass is 16.1. The van der Waals surface area contributed by atoms with Crippen LogP contribution in [0.1, 0.15) is 38.8 Å². The molecule has 0 unspecified atom stereocenters. The summed E-state index contributed by atoms with van der Waals surface area (Å²) < 4.78 is 0. The molecular weight excluding hydrogens is 238 g/mol. The Morgan fingerprint density at radius 1 is 1.16 bits per heavy atom. The van der Waals surface area contributed by atoms with Gasteiger partial charge in [-0.05, 0) is 30.7 Å². The number of aromatic nitrogens is 1. The largest absolute Gasteiger partial charge is 0.394 e. The minimum absolute atomic E-state index is 0.162. The number of nitrogen functional groups attached to an aromatic ring is 1. The van der Waals surface area contributed by atoms with E-state index in [0.29, 0.717) is 11.1 Å². The van der Waals surface area contributed by atoms with E-state index < -0.39 is 0 Å². The monoisotopic (exact) mass is 259 g/mol. The summed E-state index contributed by atoms with van der Waals surface area (Å²) >= 11 is 0. The minimum atomic E-state index is -0.299. The van der Waals surface area contributed by atoms with Gasteiger partial charge in [-0.2, -0.15) is 5.26 Å². The van der Waals surface area contributed by atoms with Crippen molar-refractivity contribution in [2.45, 2.75) is 34.6 Å². The first-order chi connectivity index (χ1) is 9.11. The second-order valence-corrected chi connectivity index (χ2v) is 3.42.